The Morgan fingerprint density at radius 2 is 1.53 bits per heavy atom. The highest BCUT2D eigenvalue weighted by Crippen LogP contribution is 2.42. The van der Waals surface area contributed by atoms with Crippen molar-refractivity contribution in [2.24, 2.45) is 0 Å². The Kier molecular flexibility index (Phi) is 6.99. The van der Waals surface area contributed by atoms with Gasteiger partial charge >= 0.3 is 6.36 Å². The predicted octanol–water partition coefficient (Wildman–Crippen LogP) is 2.89. The largest absolute Gasteiger partial charge is 0.573 e. The van der Waals surface area contributed by atoms with Crippen molar-refractivity contribution in [2.45, 2.75) is 42.8 Å². The summed E-state index contributed by atoms with van der Waals surface area (Å²) in [6.07, 6.45) is -12.6. The van der Waals surface area contributed by atoms with Crippen LogP contribution in [0.25, 0.3) is 0 Å². The van der Waals surface area contributed by atoms with E-state index in [9.17, 15) is 33.6 Å². The fourth-order valence-corrected chi connectivity index (χ4v) is 3.60. The lowest BCUT2D eigenvalue weighted by Crippen LogP contribution is -2.55. The molecule has 2 aromatic rings. The number of hydrogen-bond donors (Lipinski definition) is 4. The Morgan fingerprint density at radius 1 is 0.906 bits per heavy atom. The minimum atomic E-state index is -4.98. The lowest BCUT2D eigenvalue weighted by molar-refractivity contribution is -0.274. The van der Waals surface area contributed by atoms with E-state index < -0.39 is 66.3 Å². The van der Waals surface area contributed by atoms with Crippen LogP contribution in [0.2, 0.25) is 5.02 Å². The van der Waals surface area contributed by atoms with E-state index in [2.05, 4.69) is 4.74 Å². The summed E-state index contributed by atoms with van der Waals surface area (Å²) in [4.78, 5) is 0. The molecule has 0 saturated carbocycles. The third-order valence-corrected chi connectivity index (χ3v) is 5.33. The molecule has 0 amide bonds. The fourth-order valence-electron chi connectivity index (χ4n) is 3.36. The quantitative estimate of drug-likeness (QED) is 0.487. The molecule has 4 N–H and O–H groups in total. The summed E-state index contributed by atoms with van der Waals surface area (Å²) in [5, 5.41) is 39.0. The van der Waals surface area contributed by atoms with Crippen molar-refractivity contribution in [3.05, 3.63) is 64.2 Å². The first kappa shape index (κ1) is 24.6. The van der Waals surface area contributed by atoms with Gasteiger partial charge in [-0.15, -0.1) is 13.2 Å². The van der Waals surface area contributed by atoms with Crippen LogP contribution >= 0.6 is 11.6 Å². The van der Waals surface area contributed by atoms with Gasteiger partial charge in [0.15, 0.2) is 0 Å². The molecule has 176 valence electrons. The van der Waals surface area contributed by atoms with Gasteiger partial charge in [-0.25, -0.2) is 0 Å². The van der Waals surface area contributed by atoms with E-state index in [4.69, 9.17) is 16.3 Å². The van der Waals surface area contributed by atoms with E-state index in [0.29, 0.717) is 0 Å². The molecule has 5 atom stereocenters. The smallest absolute Gasteiger partial charge is 0.406 e. The number of aliphatic hydroxyl groups is 4. The van der Waals surface area contributed by atoms with Crippen LogP contribution in [0.3, 0.4) is 0 Å². The molecular weight excluding hydrogens is 467 g/mol. The number of alkyl halides is 5. The molecule has 0 radical (unpaired) electrons. The van der Waals surface area contributed by atoms with Crippen LogP contribution in [-0.2, 0) is 10.7 Å². The molecule has 1 fully saturated rings. The lowest BCUT2D eigenvalue weighted by atomic mass is 9.89. The lowest BCUT2D eigenvalue weighted by Gasteiger charge is -2.40. The van der Waals surface area contributed by atoms with Crippen LogP contribution in [0.15, 0.2) is 42.5 Å². The summed E-state index contributed by atoms with van der Waals surface area (Å²) >= 11 is 5.95. The van der Waals surface area contributed by atoms with Gasteiger partial charge in [0.05, 0.1) is 11.6 Å². The molecule has 3 rings (SSSR count). The van der Waals surface area contributed by atoms with Crippen molar-refractivity contribution in [2.75, 3.05) is 6.61 Å². The van der Waals surface area contributed by atoms with E-state index in [1.807, 2.05) is 0 Å². The Morgan fingerprint density at radius 3 is 2.09 bits per heavy atom. The van der Waals surface area contributed by atoms with Gasteiger partial charge in [0.25, 0.3) is 5.92 Å². The zero-order chi connectivity index (χ0) is 23.8. The van der Waals surface area contributed by atoms with E-state index in [-0.39, 0.29) is 10.6 Å². The van der Waals surface area contributed by atoms with Crippen molar-refractivity contribution in [1.82, 2.24) is 0 Å². The van der Waals surface area contributed by atoms with Crippen molar-refractivity contribution >= 4 is 11.6 Å². The number of rotatable bonds is 5. The van der Waals surface area contributed by atoms with Gasteiger partial charge in [0.2, 0.25) is 0 Å². The number of benzene rings is 2. The molecule has 32 heavy (non-hydrogen) atoms. The second-order valence-corrected chi connectivity index (χ2v) is 7.54. The Balaban J connectivity index is 1.94. The molecule has 0 bridgehead atoms. The predicted molar refractivity (Wildman–Crippen MR) is 100 cm³/mol. The molecule has 0 aromatic heterocycles. The number of aliphatic hydroxyl groups excluding tert-OH is 4. The maximum absolute atomic E-state index is 15.2. The summed E-state index contributed by atoms with van der Waals surface area (Å²) in [7, 11) is 0. The third kappa shape index (κ3) is 4.98. The first-order valence-corrected chi connectivity index (χ1v) is 9.57. The number of hydrogen-bond acceptors (Lipinski definition) is 6. The normalized spacial score (nSPS) is 26.8. The summed E-state index contributed by atoms with van der Waals surface area (Å²) in [6, 6.07) is 6.22. The SMILES string of the molecule is OC[C@H]1O[C@@H](c2ccc(Cl)c(C(F)(F)c3ccc(OC(F)(F)F)cc3)c2)[C@H](O)[C@@H](O)[C@@H]1O. The van der Waals surface area contributed by atoms with Gasteiger partial charge in [-0.2, -0.15) is 8.78 Å². The van der Waals surface area contributed by atoms with Gasteiger partial charge in [-0.1, -0.05) is 17.7 Å². The molecule has 6 nitrogen and oxygen atoms in total. The van der Waals surface area contributed by atoms with Crippen molar-refractivity contribution in [3.8, 4) is 5.75 Å². The average molecular weight is 485 g/mol. The monoisotopic (exact) mass is 484 g/mol. The second-order valence-electron chi connectivity index (χ2n) is 7.14. The molecule has 1 aliphatic rings. The minimum Gasteiger partial charge on any atom is -0.406 e. The molecule has 0 unspecified atom stereocenters. The van der Waals surface area contributed by atoms with E-state index in [0.717, 1.165) is 36.4 Å². The maximum Gasteiger partial charge on any atom is 0.573 e. The molecule has 0 spiro atoms. The van der Waals surface area contributed by atoms with Crippen LogP contribution in [-0.4, -0.2) is 57.8 Å². The van der Waals surface area contributed by atoms with Gasteiger partial charge < -0.3 is 29.9 Å². The Bertz CT molecular complexity index is 937. The number of halogens is 6. The zero-order valence-electron chi connectivity index (χ0n) is 16.0. The molecule has 1 heterocycles. The van der Waals surface area contributed by atoms with Crippen LogP contribution in [0.4, 0.5) is 22.0 Å². The topological polar surface area (TPSA) is 99.4 Å². The molecule has 12 heteroatoms. The van der Waals surface area contributed by atoms with Crippen LogP contribution in [0, 0.1) is 0 Å². The summed E-state index contributed by atoms with van der Waals surface area (Å²) in [5.41, 5.74) is -1.45. The molecule has 1 saturated heterocycles. The fraction of sp³-hybridized carbons (Fsp3) is 0.400. The molecule has 1 aliphatic heterocycles. The summed E-state index contributed by atoms with van der Waals surface area (Å²) in [6.45, 7) is -0.704. The van der Waals surface area contributed by atoms with Crippen LogP contribution in [0.1, 0.15) is 22.8 Å². The highest BCUT2D eigenvalue weighted by molar-refractivity contribution is 6.31. The average Bonchev–Trinajstić information content (AvgIpc) is 2.72. The second kappa shape index (κ2) is 9.08. The highest BCUT2D eigenvalue weighted by Gasteiger charge is 2.45. The van der Waals surface area contributed by atoms with Gasteiger partial charge in [-0.05, 0) is 42.0 Å². The zero-order valence-corrected chi connectivity index (χ0v) is 16.8. The van der Waals surface area contributed by atoms with E-state index >= 15 is 8.78 Å². The first-order valence-electron chi connectivity index (χ1n) is 9.19. The molecule has 2 aromatic carbocycles. The van der Waals surface area contributed by atoms with E-state index in [1.54, 1.807) is 0 Å². The van der Waals surface area contributed by atoms with Gasteiger partial charge in [0.1, 0.15) is 36.3 Å². The van der Waals surface area contributed by atoms with Gasteiger partial charge in [0, 0.05) is 11.1 Å². The number of ether oxygens (including phenoxy) is 2. The minimum absolute atomic E-state index is 0.0296. The van der Waals surface area contributed by atoms with Crippen molar-refractivity contribution < 1.29 is 51.9 Å². The van der Waals surface area contributed by atoms with E-state index in [1.165, 1.54) is 6.07 Å². The highest BCUT2D eigenvalue weighted by atomic mass is 35.5. The Labute approximate surface area is 183 Å². The maximum atomic E-state index is 15.2. The van der Waals surface area contributed by atoms with Crippen molar-refractivity contribution in [3.63, 3.8) is 0 Å². The first-order chi connectivity index (χ1) is 14.8. The molecule has 0 aliphatic carbocycles. The standard InChI is InChI=1S/C20H18ClF5O6/c21-13-6-1-9(18-17(30)16(29)15(28)14(8-27)31-18)7-12(13)19(22,23)10-2-4-11(5-3-10)32-20(24,25)26/h1-7,14-18,27-30H,8H2/t14-,15-,16+,17-,18+/m1/s1. The van der Waals surface area contributed by atoms with Crippen LogP contribution in [0.5, 0.6) is 5.75 Å². The van der Waals surface area contributed by atoms with Gasteiger partial charge in [-0.3, -0.25) is 0 Å². The third-order valence-electron chi connectivity index (χ3n) is 5.00. The van der Waals surface area contributed by atoms with Crippen molar-refractivity contribution in [1.29, 1.82) is 0 Å². The summed E-state index contributed by atoms with van der Waals surface area (Å²) in [5.74, 6) is -4.45. The van der Waals surface area contributed by atoms with Crippen LogP contribution < -0.4 is 4.74 Å². The Hall–Kier alpha value is -2.02. The summed E-state index contributed by atoms with van der Waals surface area (Å²) < 4.78 is 76.2. The molecular formula is C20H18ClF5O6.